The van der Waals surface area contributed by atoms with Crippen molar-refractivity contribution in [3.8, 4) is 5.75 Å². The van der Waals surface area contributed by atoms with Gasteiger partial charge in [-0.3, -0.25) is 14.9 Å². The van der Waals surface area contributed by atoms with E-state index in [-0.39, 0.29) is 6.54 Å². The van der Waals surface area contributed by atoms with Gasteiger partial charge in [0, 0.05) is 4.92 Å². The summed E-state index contributed by atoms with van der Waals surface area (Å²) in [6.07, 6.45) is -0.283. The topological polar surface area (TPSA) is 69.4 Å². The predicted molar refractivity (Wildman–Crippen MR) is 78.0 cm³/mol. The molecule has 0 fully saturated rings. The Kier molecular flexibility index (Phi) is 5.04. The van der Waals surface area contributed by atoms with E-state index in [0.29, 0.717) is 17.6 Å². The van der Waals surface area contributed by atoms with Crippen LogP contribution in [-0.4, -0.2) is 23.9 Å². The summed E-state index contributed by atoms with van der Waals surface area (Å²) in [5, 5.41) is 10.9. The van der Waals surface area contributed by atoms with E-state index in [1.807, 2.05) is 12.1 Å². The maximum Gasteiger partial charge on any atom is 0.214 e. The van der Waals surface area contributed by atoms with E-state index in [2.05, 4.69) is 0 Å². The highest BCUT2D eigenvalue weighted by Gasteiger charge is 2.29. The van der Waals surface area contributed by atoms with Gasteiger partial charge in [0.15, 0.2) is 12.4 Å². The molecule has 0 bridgehead atoms. The Morgan fingerprint density at radius 2 is 1.62 bits per heavy atom. The first-order valence-electron chi connectivity index (χ1n) is 6.54. The molecule has 5 nitrogen and oxygen atoms in total. The largest absolute Gasteiger partial charge is 0.482 e. The second-order valence-corrected chi connectivity index (χ2v) is 4.56. The minimum atomic E-state index is -0.903. The summed E-state index contributed by atoms with van der Waals surface area (Å²) in [5.41, 5.74) is 0.710. The van der Waals surface area contributed by atoms with Gasteiger partial charge in [0.1, 0.15) is 5.75 Å². The third kappa shape index (κ3) is 4.14. The number of rotatable bonds is 7. The SMILES string of the molecule is O=C[C@H](Oc1ccccc1)[C@H](C[N+](=O)[O-])c1ccccc1. The van der Waals surface area contributed by atoms with Crippen molar-refractivity contribution in [2.75, 3.05) is 6.54 Å². The highest BCUT2D eigenvalue weighted by atomic mass is 16.6. The van der Waals surface area contributed by atoms with Crippen molar-refractivity contribution in [3.05, 3.63) is 76.3 Å². The summed E-state index contributed by atoms with van der Waals surface area (Å²) in [5.74, 6) is -0.113. The molecule has 21 heavy (non-hydrogen) atoms. The van der Waals surface area contributed by atoms with E-state index in [4.69, 9.17) is 4.74 Å². The fourth-order valence-corrected chi connectivity index (χ4v) is 2.12. The van der Waals surface area contributed by atoms with E-state index in [1.165, 1.54) is 0 Å². The van der Waals surface area contributed by atoms with Crippen molar-refractivity contribution < 1.29 is 14.5 Å². The lowest BCUT2D eigenvalue weighted by atomic mass is 9.94. The summed E-state index contributed by atoms with van der Waals surface area (Å²) >= 11 is 0. The highest BCUT2D eigenvalue weighted by Crippen LogP contribution is 2.23. The number of nitro groups is 1. The normalized spacial score (nSPS) is 13.1. The molecule has 2 atom stereocenters. The fourth-order valence-electron chi connectivity index (χ4n) is 2.12. The number of para-hydroxylation sites is 1. The van der Waals surface area contributed by atoms with Gasteiger partial charge in [0.2, 0.25) is 6.54 Å². The lowest BCUT2D eigenvalue weighted by molar-refractivity contribution is -0.484. The quantitative estimate of drug-likeness (QED) is 0.445. The lowest BCUT2D eigenvalue weighted by Crippen LogP contribution is -2.31. The van der Waals surface area contributed by atoms with Crippen LogP contribution in [0, 0.1) is 10.1 Å². The summed E-state index contributed by atoms with van der Waals surface area (Å²) in [6, 6.07) is 17.7. The molecule has 0 radical (unpaired) electrons. The Bertz CT molecular complexity index is 586. The van der Waals surface area contributed by atoms with Crippen LogP contribution in [0.2, 0.25) is 0 Å². The summed E-state index contributed by atoms with van der Waals surface area (Å²) in [7, 11) is 0. The van der Waals surface area contributed by atoms with Crippen molar-refractivity contribution in [2.45, 2.75) is 12.0 Å². The first kappa shape index (κ1) is 14.7. The Labute approximate surface area is 122 Å². The van der Waals surface area contributed by atoms with Crippen LogP contribution in [0.5, 0.6) is 5.75 Å². The maximum absolute atomic E-state index is 11.4. The first-order valence-corrected chi connectivity index (χ1v) is 6.54. The van der Waals surface area contributed by atoms with Crippen LogP contribution in [0.15, 0.2) is 60.7 Å². The van der Waals surface area contributed by atoms with Crippen LogP contribution in [0.1, 0.15) is 11.5 Å². The number of carbonyl (C=O) groups is 1. The predicted octanol–water partition coefficient (Wildman–Crippen LogP) is 2.69. The van der Waals surface area contributed by atoms with Crippen molar-refractivity contribution >= 4 is 6.29 Å². The number of aldehydes is 1. The minimum Gasteiger partial charge on any atom is -0.482 e. The van der Waals surface area contributed by atoms with E-state index in [1.54, 1.807) is 48.5 Å². The van der Waals surface area contributed by atoms with E-state index in [0.717, 1.165) is 0 Å². The van der Waals surface area contributed by atoms with Crippen molar-refractivity contribution in [3.63, 3.8) is 0 Å². The number of hydrogen-bond donors (Lipinski definition) is 0. The van der Waals surface area contributed by atoms with Crippen molar-refractivity contribution in [1.82, 2.24) is 0 Å². The minimum absolute atomic E-state index is 0.361. The zero-order chi connectivity index (χ0) is 15.1. The molecule has 0 aliphatic carbocycles. The number of benzene rings is 2. The molecule has 0 aromatic heterocycles. The lowest BCUT2D eigenvalue weighted by Gasteiger charge is -2.21. The van der Waals surface area contributed by atoms with Gasteiger partial charge >= 0.3 is 0 Å². The molecule has 2 aromatic rings. The first-order chi connectivity index (χ1) is 10.2. The van der Waals surface area contributed by atoms with E-state index in [9.17, 15) is 14.9 Å². The Morgan fingerprint density at radius 1 is 1.05 bits per heavy atom. The molecule has 0 spiro atoms. The molecule has 2 aromatic carbocycles. The Morgan fingerprint density at radius 3 is 2.14 bits per heavy atom. The highest BCUT2D eigenvalue weighted by molar-refractivity contribution is 5.59. The molecule has 0 aliphatic heterocycles. The Hall–Kier alpha value is -2.69. The van der Waals surface area contributed by atoms with Crippen LogP contribution in [0.3, 0.4) is 0 Å². The number of carbonyl (C=O) groups excluding carboxylic acids is 1. The Balaban J connectivity index is 2.25. The zero-order valence-corrected chi connectivity index (χ0v) is 11.3. The van der Waals surface area contributed by atoms with E-state index < -0.39 is 16.9 Å². The van der Waals surface area contributed by atoms with Gasteiger partial charge in [-0.2, -0.15) is 0 Å². The van der Waals surface area contributed by atoms with E-state index >= 15 is 0 Å². The molecule has 0 saturated carbocycles. The van der Waals surface area contributed by atoms with Crippen molar-refractivity contribution in [2.24, 2.45) is 0 Å². The number of ether oxygens (including phenoxy) is 1. The maximum atomic E-state index is 11.4. The molecule has 0 N–H and O–H groups in total. The van der Waals surface area contributed by atoms with Gasteiger partial charge in [-0.25, -0.2) is 0 Å². The average Bonchev–Trinajstić information content (AvgIpc) is 2.52. The van der Waals surface area contributed by atoms with Gasteiger partial charge < -0.3 is 4.74 Å². The number of nitrogens with zero attached hydrogens (tertiary/aromatic N) is 1. The second-order valence-electron chi connectivity index (χ2n) is 4.56. The molecule has 0 saturated heterocycles. The average molecular weight is 285 g/mol. The van der Waals surface area contributed by atoms with Gasteiger partial charge in [-0.05, 0) is 17.7 Å². The molecule has 0 aliphatic rings. The molecule has 5 heteroatoms. The molecule has 0 amide bonds. The summed E-state index contributed by atoms with van der Waals surface area (Å²) in [6.45, 7) is -0.361. The van der Waals surface area contributed by atoms with Crippen LogP contribution in [0.4, 0.5) is 0 Å². The zero-order valence-electron chi connectivity index (χ0n) is 11.3. The van der Waals surface area contributed by atoms with Crippen LogP contribution >= 0.6 is 0 Å². The fraction of sp³-hybridized carbons (Fsp3) is 0.188. The summed E-state index contributed by atoms with van der Waals surface area (Å²) < 4.78 is 5.61. The molecule has 2 rings (SSSR count). The molecule has 108 valence electrons. The van der Waals surface area contributed by atoms with Gasteiger partial charge in [0.05, 0.1) is 5.92 Å². The summed E-state index contributed by atoms with van der Waals surface area (Å²) in [4.78, 5) is 21.8. The van der Waals surface area contributed by atoms with Gasteiger partial charge in [-0.1, -0.05) is 48.5 Å². The third-order valence-corrected chi connectivity index (χ3v) is 3.12. The van der Waals surface area contributed by atoms with Crippen molar-refractivity contribution in [1.29, 1.82) is 0 Å². The molecular weight excluding hydrogens is 270 g/mol. The second kappa shape index (κ2) is 7.19. The van der Waals surface area contributed by atoms with Crippen LogP contribution in [-0.2, 0) is 4.79 Å². The molecular formula is C16H15NO4. The molecule has 0 heterocycles. The standard InChI is InChI=1S/C16H15NO4/c18-12-16(21-14-9-5-2-6-10-14)15(11-17(19)20)13-7-3-1-4-8-13/h1-10,12,15-16H,11H2/t15-,16+/m1/s1. The third-order valence-electron chi connectivity index (χ3n) is 3.12. The van der Waals surface area contributed by atoms with Crippen LogP contribution in [0.25, 0.3) is 0 Å². The van der Waals surface area contributed by atoms with Crippen LogP contribution < -0.4 is 4.74 Å². The van der Waals surface area contributed by atoms with Gasteiger partial charge in [0.25, 0.3) is 0 Å². The monoisotopic (exact) mass is 285 g/mol. The smallest absolute Gasteiger partial charge is 0.214 e. The van der Waals surface area contributed by atoms with Gasteiger partial charge in [-0.15, -0.1) is 0 Å². The molecule has 0 unspecified atom stereocenters. The number of hydrogen-bond acceptors (Lipinski definition) is 4.